The lowest BCUT2D eigenvalue weighted by Crippen LogP contribution is -2.44. The molecule has 1 heterocycles. The van der Waals surface area contributed by atoms with Gasteiger partial charge in [-0.3, -0.25) is 5.32 Å². The van der Waals surface area contributed by atoms with E-state index in [2.05, 4.69) is 5.32 Å². The van der Waals surface area contributed by atoms with Crippen molar-refractivity contribution in [3.63, 3.8) is 0 Å². The van der Waals surface area contributed by atoms with Crippen molar-refractivity contribution in [2.24, 2.45) is 0 Å². The van der Waals surface area contributed by atoms with Gasteiger partial charge in [-0.25, -0.2) is 0 Å². The summed E-state index contributed by atoms with van der Waals surface area (Å²) in [5.41, 5.74) is 0.280. The first kappa shape index (κ1) is 8.52. The Bertz CT molecular complexity index is 131. The highest BCUT2D eigenvalue weighted by Gasteiger charge is 2.33. The molecule has 0 atom stereocenters. The fraction of sp³-hybridized carbons (Fsp3) is 1.00. The molecule has 1 aliphatic carbocycles. The Morgan fingerprint density at radius 1 is 0.917 bits per heavy atom. The second kappa shape index (κ2) is 3.75. The molecule has 2 nitrogen and oxygen atoms in total. The minimum Gasteiger partial charge on any atom is -0.360 e. The maximum Gasteiger partial charge on any atom is 0.0972 e. The summed E-state index contributed by atoms with van der Waals surface area (Å²) < 4.78 is 5.88. The lowest BCUT2D eigenvalue weighted by Gasteiger charge is -2.37. The van der Waals surface area contributed by atoms with Gasteiger partial charge in [0, 0.05) is 0 Å². The molecule has 1 aliphatic heterocycles. The molecule has 1 saturated heterocycles. The average molecular weight is 169 g/mol. The highest BCUT2D eigenvalue weighted by molar-refractivity contribution is 4.85. The SMILES string of the molecule is C1CCCC2(CC1)CCNCO2. The van der Waals surface area contributed by atoms with Gasteiger partial charge in [0.2, 0.25) is 0 Å². The summed E-state index contributed by atoms with van der Waals surface area (Å²) in [6, 6.07) is 0. The lowest BCUT2D eigenvalue weighted by atomic mass is 9.90. The van der Waals surface area contributed by atoms with Gasteiger partial charge in [0.25, 0.3) is 0 Å². The summed E-state index contributed by atoms with van der Waals surface area (Å²) in [4.78, 5) is 0. The van der Waals surface area contributed by atoms with Crippen molar-refractivity contribution in [1.29, 1.82) is 0 Å². The van der Waals surface area contributed by atoms with Gasteiger partial charge >= 0.3 is 0 Å². The maximum atomic E-state index is 5.88. The molecule has 2 heteroatoms. The van der Waals surface area contributed by atoms with Crippen LogP contribution < -0.4 is 5.32 Å². The van der Waals surface area contributed by atoms with E-state index in [0.29, 0.717) is 0 Å². The van der Waals surface area contributed by atoms with Gasteiger partial charge in [-0.1, -0.05) is 25.7 Å². The molecule has 0 amide bonds. The molecule has 1 saturated carbocycles. The maximum absolute atomic E-state index is 5.88. The Morgan fingerprint density at radius 2 is 1.67 bits per heavy atom. The second-order valence-corrected chi connectivity index (χ2v) is 4.14. The first-order valence-electron chi connectivity index (χ1n) is 5.26. The summed E-state index contributed by atoms with van der Waals surface area (Å²) in [6.45, 7) is 1.93. The van der Waals surface area contributed by atoms with Crippen molar-refractivity contribution >= 4 is 0 Å². The van der Waals surface area contributed by atoms with Crippen LogP contribution >= 0.6 is 0 Å². The van der Waals surface area contributed by atoms with E-state index in [9.17, 15) is 0 Å². The van der Waals surface area contributed by atoms with Gasteiger partial charge in [-0.05, 0) is 25.8 Å². The van der Waals surface area contributed by atoms with E-state index in [0.717, 1.165) is 13.3 Å². The number of rotatable bonds is 0. The first-order valence-corrected chi connectivity index (χ1v) is 5.26. The van der Waals surface area contributed by atoms with Crippen molar-refractivity contribution in [2.75, 3.05) is 13.3 Å². The average Bonchev–Trinajstić information content (AvgIpc) is 2.33. The molecule has 0 unspecified atom stereocenters. The van der Waals surface area contributed by atoms with Gasteiger partial charge in [0.05, 0.1) is 12.3 Å². The van der Waals surface area contributed by atoms with Gasteiger partial charge < -0.3 is 4.74 Å². The zero-order valence-electron chi connectivity index (χ0n) is 7.77. The highest BCUT2D eigenvalue weighted by atomic mass is 16.5. The van der Waals surface area contributed by atoms with Gasteiger partial charge in [-0.2, -0.15) is 0 Å². The van der Waals surface area contributed by atoms with Crippen molar-refractivity contribution in [3.05, 3.63) is 0 Å². The Morgan fingerprint density at radius 3 is 2.25 bits per heavy atom. The molecule has 0 radical (unpaired) electrons. The Balaban J connectivity index is 1.95. The third-order valence-corrected chi connectivity index (χ3v) is 3.25. The van der Waals surface area contributed by atoms with E-state index < -0.39 is 0 Å². The Labute approximate surface area is 74.7 Å². The minimum atomic E-state index is 0.280. The van der Waals surface area contributed by atoms with Gasteiger partial charge in [0.15, 0.2) is 0 Å². The summed E-state index contributed by atoms with van der Waals surface area (Å²) in [6.07, 6.45) is 9.41. The van der Waals surface area contributed by atoms with Gasteiger partial charge in [-0.15, -0.1) is 0 Å². The number of ether oxygens (including phenoxy) is 1. The summed E-state index contributed by atoms with van der Waals surface area (Å²) >= 11 is 0. The molecule has 2 aliphatic rings. The standard InChI is InChI=1S/C10H19NO/c1-2-4-6-10(5-3-1)7-8-11-9-12-10/h11H,1-9H2. The van der Waals surface area contributed by atoms with Crippen LogP contribution in [0.4, 0.5) is 0 Å². The summed E-state index contributed by atoms with van der Waals surface area (Å²) in [7, 11) is 0. The van der Waals surface area contributed by atoms with E-state index in [4.69, 9.17) is 4.74 Å². The summed E-state index contributed by atoms with van der Waals surface area (Å²) in [5.74, 6) is 0. The number of nitrogens with one attached hydrogen (secondary N) is 1. The Kier molecular flexibility index (Phi) is 2.66. The molecule has 0 aromatic heterocycles. The van der Waals surface area contributed by atoms with Crippen LogP contribution in [0.3, 0.4) is 0 Å². The Hall–Kier alpha value is -0.0800. The molecule has 12 heavy (non-hydrogen) atoms. The third kappa shape index (κ3) is 1.80. The molecule has 0 bridgehead atoms. The molecule has 2 rings (SSSR count). The number of hydrogen-bond donors (Lipinski definition) is 1. The predicted octanol–water partition coefficient (Wildman–Crippen LogP) is 2.05. The van der Waals surface area contributed by atoms with E-state index in [-0.39, 0.29) is 5.60 Å². The molecule has 1 N–H and O–H groups in total. The monoisotopic (exact) mass is 169 g/mol. The lowest BCUT2D eigenvalue weighted by molar-refractivity contribution is -0.0927. The van der Waals surface area contributed by atoms with E-state index >= 15 is 0 Å². The molecular formula is C10H19NO. The molecular weight excluding hydrogens is 150 g/mol. The smallest absolute Gasteiger partial charge is 0.0972 e. The van der Waals surface area contributed by atoms with Crippen LogP contribution in [-0.2, 0) is 4.74 Å². The third-order valence-electron chi connectivity index (χ3n) is 3.25. The zero-order chi connectivity index (χ0) is 8.28. The molecule has 2 fully saturated rings. The molecule has 70 valence electrons. The largest absolute Gasteiger partial charge is 0.360 e. The summed E-state index contributed by atoms with van der Waals surface area (Å²) in [5, 5.41) is 3.25. The minimum absolute atomic E-state index is 0.280. The highest BCUT2D eigenvalue weighted by Crippen LogP contribution is 2.34. The molecule has 0 aromatic carbocycles. The van der Waals surface area contributed by atoms with E-state index in [1.165, 1.54) is 44.9 Å². The zero-order valence-corrected chi connectivity index (χ0v) is 7.77. The molecule has 0 aromatic rings. The predicted molar refractivity (Wildman–Crippen MR) is 49.0 cm³/mol. The normalized spacial score (nSPS) is 30.0. The van der Waals surface area contributed by atoms with Crippen molar-refractivity contribution in [3.8, 4) is 0 Å². The number of hydrogen-bond acceptors (Lipinski definition) is 2. The second-order valence-electron chi connectivity index (χ2n) is 4.14. The fourth-order valence-corrected chi connectivity index (χ4v) is 2.43. The van der Waals surface area contributed by atoms with Crippen molar-refractivity contribution in [2.45, 2.75) is 50.5 Å². The van der Waals surface area contributed by atoms with Crippen LogP contribution in [0.5, 0.6) is 0 Å². The topological polar surface area (TPSA) is 21.3 Å². The van der Waals surface area contributed by atoms with Crippen LogP contribution in [-0.4, -0.2) is 18.9 Å². The molecule has 1 spiro atoms. The van der Waals surface area contributed by atoms with Gasteiger partial charge in [0.1, 0.15) is 0 Å². The van der Waals surface area contributed by atoms with Crippen LogP contribution in [0.25, 0.3) is 0 Å². The van der Waals surface area contributed by atoms with E-state index in [1.54, 1.807) is 0 Å². The van der Waals surface area contributed by atoms with Crippen LogP contribution in [0.15, 0.2) is 0 Å². The van der Waals surface area contributed by atoms with E-state index in [1.807, 2.05) is 0 Å². The van der Waals surface area contributed by atoms with Crippen LogP contribution in [0.2, 0.25) is 0 Å². The van der Waals surface area contributed by atoms with Crippen molar-refractivity contribution in [1.82, 2.24) is 5.32 Å². The van der Waals surface area contributed by atoms with Crippen molar-refractivity contribution < 1.29 is 4.74 Å². The van der Waals surface area contributed by atoms with Crippen LogP contribution in [0, 0.1) is 0 Å². The first-order chi connectivity index (χ1) is 5.91. The quantitative estimate of drug-likeness (QED) is 0.599. The fourth-order valence-electron chi connectivity index (χ4n) is 2.43. The van der Waals surface area contributed by atoms with Crippen LogP contribution in [0.1, 0.15) is 44.9 Å².